The van der Waals surface area contributed by atoms with Crippen LogP contribution in [0.25, 0.3) is 0 Å². The van der Waals surface area contributed by atoms with Crippen molar-refractivity contribution in [1.82, 2.24) is 14.9 Å². The van der Waals surface area contributed by atoms with E-state index in [-0.39, 0.29) is 31.3 Å². The monoisotopic (exact) mass is 334 g/mol. The molecule has 0 spiro atoms. The first kappa shape index (κ1) is 18.5. The third kappa shape index (κ3) is 5.97. The Morgan fingerprint density at radius 2 is 2.22 bits per heavy atom. The minimum Gasteiger partial charge on any atom is -0.394 e. The predicted molar refractivity (Wildman–Crippen MR) is 71.9 cm³/mol. The number of nitrogens with zero attached hydrogens (tertiary/aromatic N) is 2. The van der Waals surface area contributed by atoms with E-state index in [1.54, 1.807) is 5.32 Å². The van der Waals surface area contributed by atoms with Crippen LogP contribution in [0, 0.1) is 11.8 Å². The summed E-state index contributed by atoms with van der Waals surface area (Å²) < 4.78 is 41.8. The molecule has 23 heavy (non-hydrogen) atoms. The smallest absolute Gasteiger partial charge is 0.394 e. The molecule has 0 aliphatic rings. The van der Waals surface area contributed by atoms with Gasteiger partial charge < -0.3 is 20.9 Å². The molecule has 0 aliphatic carbocycles. The number of hydrogen-bond acceptors (Lipinski definition) is 6. The number of carbonyl (C=O) groups excluding carboxylic acids is 1. The van der Waals surface area contributed by atoms with Gasteiger partial charge in [0.25, 0.3) is 0 Å². The Balaban J connectivity index is 2.77. The number of alkyl halides is 3. The van der Waals surface area contributed by atoms with Crippen LogP contribution in [0.15, 0.2) is 11.0 Å². The van der Waals surface area contributed by atoms with Gasteiger partial charge in [-0.1, -0.05) is 11.8 Å². The predicted octanol–water partition coefficient (Wildman–Crippen LogP) is -1.18. The van der Waals surface area contributed by atoms with Gasteiger partial charge in [-0.15, -0.1) is 0 Å². The van der Waals surface area contributed by atoms with E-state index in [9.17, 15) is 22.8 Å². The van der Waals surface area contributed by atoms with Gasteiger partial charge in [0, 0.05) is 6.20 Å². The molecule has 0 bridgehead atoms. The first-order valence-electron chi connectivity index (χ1n) is 6.15. The summed E-state index contributed by atoms with van der Waals surface area (Å²) in [7, 11) is 0. The van der Waals surface area contributed by atoms with Gasteiger partial charge in [0.1, 0.15) is 12.5 Å². The Labute approximate surface area is 128 Å². The Bertz CT molecular complexity index is 676. The number of amides is 1. The number of aromatic nitrogens is 2. The summed E-state index contributed by atoms with van der Waals surface area (Å²) in [4.78, 5) is 25.6. The Morgan fingerprint density at radius 1 is 1.52 bits per heavy atom. The highest BCUT2D eigenvalue weighted by Crippen LogP contribution is 2.13. The zero-order valence-corrected chi connectivity index (χ0v) is 11.7. The van der Waals surface area contributed by atoms with Crippen molar-refractivity contribution >= 4 is 11.7 Å². The van der Waals surface area contributed by atoms with E-state index in [2.05, 4.69) is 16.8 Å². The van der Waals surface area contributed by atoms with E-state index in [0.29, 0.717) is 0 Å². The van der Waals surface area contributed by atoms with Crippen LogP contribution in [0.1, 0.15) is 5.56 Å². The molecule has 0 radical (unpaired) electrons. The highest BCUT2D eigenvalue weighted by Gasteiger charge is 2.38. The molecule has 11 heteroatoms. The van der Waals surface area contributed by atoms with E-state index in [0.717, 1.165) is 4.57 Å². The maximum absolute atomic E-state index is 11.9. The van der Waals surface area contributed by atoms with Crippen molar-refractivity contribution in [1.29, 1.82) is 0 Å². The van der Waals surface area contributed by atoms with E-state index in [1.807, 2.05) is 0 Å². The number of carbonyl (C=O) groups is 1. The van der Waals surface area contributed by atoms with Crippen LogP contribution in [0.4, 0.5) is 19.0 Å². The maximum atomic E-state index is 11.9. The second-order valence-electron chi connectivity index (χ2n) is 4.04. The molecular weight excluding hydrogens is 321 g/mol. The number of anilines is 1. The van der Waals surface area contributed by atoms with Crippen LogP contribution in [-0.2, 0) is 16.3 Å². The summed E-state index contributed by atoms with van der Waals surface area (Å²) in [5.41, 5.74) is 4.85. The molecule has 0 fully saturated rings. The van der Waals surface area contributed by atoms with Crippen LogP contribution >= 0.6 is 0 Å². The number of nitrogens with one attached hydrogen (secondary N) is 1. The third-order valence-corrected chi connectivity index (χ3v) is 2.31. The van der Waals surface area contributed by atoms with E-state index >= 15 is 0 Å². The van der Waals surface area contributed by atoms with Crippen molar-refractivity contribution in [3.05, 3.63) is 22.2 Å². The topological polar surface area (TPSA) is 119 Å². The quantitative estimate of drug-likeness (QED) is 0.461. The number of nitrogen functional groups attached to an aromatic ring is 1. The Hall–Kier alpha value is -2.58. The van der Waals surface area contributed by atoms with Crippen LogP contribution < -0.4 is 16.7 Å². The van der Waals surface area contributed by atoms with Crippen molar-refractivity contribution < 1.29 is 27.8 Å². The number of nitrogens with two attached hydrogens (primary N) is 1. The fourth-order valence-electron chi connectivity index (χ4n) is 1.29. The fraction of sp³-hybridized carbons (Fsp3) is 0.417. The fourth-order valence-corrected chi connectivity index (χ4v) is 1.29. The molecule has 0 aromatic carbocycles. The molecule has 0 unspecified atom stereocenters. The van der Waals surface area contributed by atoms with Crippen LogP contribution in [0.2, 0.25) is 0 Å². The second kappa shape index (κ2) is 8.16. The van der Waals surface area contributed by atoms with Gasteiger partial charge in [0.05, 0.1) is 25.3 Å². The summed E-state index contributed by atoms with van der Waals surface area (Å²) in [6.45, 7) is -0.992. The van der Waals surface area contributed by atoms with Crippen molar-refractivity contribution in [2.45, 2.75) is 12.9 Å². The van der Waals surface area contributed by atoms with Crippen molar-refractivity contribution in [3.8, 4) is 11.8 Å². The molecule has 1 rings (SSSR count). The van der Waals surface area contributed by atoms with Gasteiger partial charge >= 0.3 is 17.8 Å². The minimum atomic E-state index is -4.99. The van der Waals surface area contributed by atoms with E-state index in [1.165, 1.54) is 6.20 Å². The zero-order valence-electron chi connectivity index (χ0n) is 11.7. The van der Waals surface area contributed by atoms with Crippen molar-refractivity contribution in [3.63, 3.8) is 0 Å². The molecule has 126 valence electrons. The number of aliphatic hydroxyl groups is 1. The highest BCUT2D eigenvalue weighted by atomic mass is 19.4. The number of ether oxygens (including phenoxy) is 1. The molecule has 1 heterocycles. The molecule has 0 aliphatic heterocycles. The van der Waals surface area contributed by atoms with E-state index < -0.39 is 24.3 Å². The summed E-state index contributed by atoms with van der Waals surface area (Å²) >= 11 is 0. The summed E-state index contributed by atoms with van der Waals surface area (Å²) in [5, 5.41) is 10.1. The maximum Gasteiger partial charge on any atom is 0.471 e. The first-order valence-corrected chi connectivity index (χ1v) is 6.15. The van der Waals surface area contributed by atoms with E-state index in [4.69, 9.17) is 15.6 Å². The van der Waals surface area contributed by atoms with Gasteiger partial charge in [0.2, 0.25) is 0 Å². The third-order valence-electron chi connectivity index (χ3n) is 2.31. The lowest BCUT2D eigenvalue weighted by atomic mass is 10.3. The lowest BCUT2D eigenvalue weighted by Gasteiger charge is -2.07. The number of hydrogen-bond donors (Lipinski definition) is 3. The second-order valence-corrected chi connectivity index (χ2v) is 4.04. The standard InChI is InChI=1S/C12H13F3N4O4/c13-12(14,15)10(21)17-3-1-2-8-6-19(7-23-5-4-20)11(22)18-9(8)16/h6,20H,3-5,7H2,(H,17,21)(H2,16,18,22). The molecule has 1 aromatic heterocycles. The van der Waals surface area contributed by atoms with Crippen molar-refractivity contribution in [2.75, 3.05) is 25.5 Å². The minimum absolute atomic E-state index is 0.00129. The SMILES string of the molecule is Nc1nc(=O)n(COCCO)cc1C#CCNC(=O)C(F)(F)F. The molecule has 1 aromatic rings. The molecular formula is C12H13F3N4O4. The van der Waals surface area contributed by atoms with Gasteiger partial charge in [0.15, 0.2) is 0 Å². The average Bonchev–Trinajstić information content (AvgIpc) is 2.46. The van der Waals surface area contributed by atoms with Gasteiger partial charge in [-0.05, 0) is 0 Å². The summed E-state index contributed by atoms with van der Waals surface area (Å²) in [6, 6.07) is 0. The number of aliphatic hydroxyl groups excluding tert-OH is 1. The first-order chi connectivity index (χ1) is 10.8. The zero-order chi connectivity index (χ0) is 17.5. The lowest BCUT2D eigenvalue weighted by Crippen LogP contribution is -2.36. The number of halogens is 3. The van der Waals surface area contributed by atoms with Gasteiger partial charge in [-0.3, -0.25) is 9.36 Å². The molecule has 4 N–H and O–H groups in total. The largest absolute Gasteiger partial charge is 0.471 e. The van der Waals surface area contributed by atoms with Gasteiger partial charge in [-0.25, -0.2) is 4.79 Å². The normalized spacial score (nSPS) is 10.8. The van der Waals surface area contributed by atoms with Crippen LogP contribution in [0.3, 0.4) is 0 Å². The summed E-state index contributed by atoms with van der Waals surface area (Å²) in [6.07, 6.45) is -3.78. The molecule has 8 nitrogen and oxygen atoms in total. The van der Waals surface area contributed by atoms with Crippen LogP contribution in [-0.4, -0.2) is 46.5 Å². The van der Waals surface area contributed by atoms with Gasteiger partial charge in [-0.2, -0.15) is 18.2 Å². The molecule has 0 saturated heterocycles. The van der Waals surface area contributed by atoms with Crippen molar-refractivity contribution in [2.24, 2.45) is 0 Å². The Morgan fingerprint density at radius 3 is 2.83 bits per heavy atom. The highest BCUT2D eigenvalue weighted by molar-refractivity contribution is 5.81. The molecule has 0 saturated carbocycles. The Kier molecular flexibility index (Phi) is 6.55. The number of rotatable bonds is 5. The lowest BCUT2D eigenvalue weighted by molar-refractivity contribution is -0.173. The summed E-state index contributed by atoms with van der Waals surface area (Å²) in [5.74, 6) is 2.34. The average molecular weight is 334 g/mol. The molecule has 0 atom stereocenters. The van der Waals surface area contributed by atoms with Crippen LogP contribution in [0.5, 0.6) is 0 Å². The molecule has 1 amide bonds.